The first kappa shape index (κ1) is 14.9. The van der Waals surface area contributed by atoms with Crippen molar-refractivity contribution in [3.63, 3.8) is 0 Å². The van der Waals surface area contributed by atoms with Crippen LogP contribution in [0.5, 0.6) is 0 Å². The molecule has 0 aromatic rings. The van der Waals surface area contributed by atoms with Gasteiger partial charge in [0.05, 0.1) is 9.52 Å². The van der Waals surface area contributed by atoms with Crippen LogP contribution >= 0.6 is 0 Å². The Balaban J connectivity index is 2.73. The monoisotopic (exact) mass is 257 g/mol. The summed E-state index contributed by atoms with van der Waals surface area (Å²) >= 11 is 0. The van der Waals surface area contributed by atoms with Gasteiger partial charge in [-0.15, -0.1) is 12.3 Å². The summed E-state index contributed by atoms with van der Waals surface area (Å²) in [5, 5.41) is 0. The van der Waals surface area contributed by atoms with E-state index in [1.54, 1.807) is 0 Å². The van der Waals surface area contributed by atoms with Crippen LogP contribution in [-0.4, -0.2) is 46.6 Å². The van der Waals surface area contributed by atoms with Gasteiger partial charge in [-0.3, -0.25) is 4.90 Å². The number of rotatable bonds is 8. The van der Waals surface area contributed by atoms with Crippen LogP contribution in [0, 0.1) is 0 Å². The minimum atomic E-state index is -0.454. The molecule has 1 aliphatic heterocycles. The fraction of sp³-hybridized carbons (Fsp3) is 0.846. The Kier molecular flexibility index (Phi) is 7.04. The average Bonchev–Trinajstić information content (AvgIpc) is 2.37. The predicted octanol–water partition coefficient (Wildman–Crippen LogP) is 1.93. The minimum Gasteiger partial charge on any atom is -0.338 e. The van der Waals surface area contributed by atoms with Crippen LogP contribution in [0.4, 0.5) is 0 Å². The maximum absolute atomic E-state index is 6.00. The first-order valence-corrected chi connectivity index (χ1v) is 8.74. The van der Waals surface area contributed by atoms with Gasteiger partial charge in [-0.1, -0.05) is 6.42 Å². The number of likely N-dealkylation sites (tertiary alicyclic amines) is 1. The lowest BCUT2D eigenvalue weighted by Gasteiger charge is -2.44. The topological polar surface area (TPSA) is 21.7 Å². The molecule has 0 aromatic heterocycles. The van der Waals surface area contributed by atoms with Crippen molar-refractivity contribution in [2.75, 3.05) is 26.3 Å². The highest BCUT2D eigenvalue weighted by atomic mass is 28.2. The van der Waals surface area contributed by atoms with E-state index in [4.69, 9.17) is 9.47 Å². The summed E-state index contributed by atoms with van der Waals surface area (Å²) in [6.07, 6.45) is 3.86. The predicted molar refractivity (Wildman–Crippen MR) is 75.0 cm³/mol. The molecule has 0 spiro atoms. The lowest BCUT2D eigenvalue weighted by atomic mass is 10.1. The SMILES string of the molecule is C=C[SiH2]CC(OCC)(OCC)N1CCCCC1. The summed E-state index contributed by atoms with van der Waals surface area (Å²) in [7, 11) is -0.296. The zero-order valence-electron chi connectivity index (χ0n) is 11.4. The Morgan fingerprint density at radius 1 is 1.18 bits per heavy atom. The third kappa shape index (κ3) is 4.21. The van der Waals surface area contributed by atoms with Gasteiger partial charge < -0.3 is 9.47 Å². The highest BCUT2D eigenvalue weighted by Crippen LogP contribution is 2.27. The van der Waals surface area contributed by atoms with Crippen LogP contribution in [-0.2, 0) is 9.47 Å². The van der Waals surface area contributed by atoms with E-state index < -0.39 is 5.91 Å². The van der Waals surface area contributed by atoms with E-state index in [1.165, 1.54) is 19.3 Å². The number of ether oxygens (including phenoxy) is 2. The van der Waals surface area contributed by atoms with Crippen molar-refractivity contribution >= 4 is 9.52 Å². The third-order valence-electron chi connectivity index (χ3n) is 3.24. The van der Waals surface area contributed by atoms with Crippen LogP contribution in [0.25, 0.3) is 0 Å². The van der Waals surface area contributed by atoms with Gasteiger partial charge in [-0.25, -0.2) is 0 Å². The summed E-state index contributed by atoms with van der Waals surface area (Å²) < 4.78 is 12.0. The molecule has 1 heterocycles. The van der Waals surface area contributed by atoms with Crippen LogP contribution in [0.3, 0.4) is 0 Å². The molecule has 1 fully saturated rings. The smallest absolute Gasteiger partial charge is 0.227 e. The molecule has 0 aromatic carbocycles. The molecule has 0 bridgehead atoms. The van der Waals surface area contributed by atoms with Gasteiger partial charge in [-0.05, 0) is 26.7 Å². The quantitative estimate of drug-likeness (QED) is 0.490. The van der Waals surface area contributed by atoms with E-state index in [9.17, 15) is 0 Å². The number of nitrogens with zero attached hydrogens (tertiary/aromatic N) is 1. The molecule has 0 unspecified atom stereocenters. The lowest BCUT2D eigenvalue weighted by Crippen LogP contribution is -2.55. The van der Waals surface area contributed by atoms with E-state index in [0.717, 1.165) is 19.1 Å². The van der Waals surface area contributed by atoms with Crippen LogP contribution < -0.4 is 0 Å². The van der Waals surface area contributed by atoms with Crippen LogP contribution in [0.15, 0.2) is 12.3 Å². The minimum absolute atomic E-state index is 0.296. The summed E-state index contributed by atoms with van der Waals surface area (Å²) in [4.78, 5) is 2.40. The molecule has 1 saturated heterocycles. The summed E-state index contributed by atoms with van der Waals surface area (Å²) in [5.74, 6) is -0.454. The molecular formula is C13H27NO2Si. The van der Waals surface area contributed by atoms with Gasteiger partial charge in [0, 0.05) is 32.3 Å². The number of hydrogen-bond acceptors (Lipinski definition) is 3. The van der Waals surface area contributed by atoms with E-state index in [2.05, 4.69) is 17.2 Å². The molecule has 1 aliphatic rings. The van der Waals surface area contributed by atoms with Gasteiger partial charge >= 0.3 is 0 Å². The van der Waals surface area contributed by atoms with Crippen molar-refractivity contribution in [3.05, 3.63) is 12.3 Å². The molecule has 3 nitrogen and oxygen atoms in total. The molecule has 0 atom stereocenters. The van der Waals surface area contributed by atoms with Gasteiger partial charge in [-0.2, -0.15) is 0 Å². The standard InChI is InChI=1S/C13H27NO2Si/c1-4-15-13(16-5-2,12-17-6-3)14-10-8-7-9-11-14/h6H,3-5,7-12,17H2,1-2H3. The van der Waals surface area contributed by atoms with E-state index in [-0.39, 0.29) is 9.52 Å². The number of hydrogen-bond donors (Lipinski definition) is 0. The zero-order chi connectivity index (χ0) is 12.6. The van der Waals surface area contributed by atoms with E-state index in [0.29, 0.717) is 13.2 Å². The lowest BCUT2D eigenvalue weighted by molar-refractivity contribution is -0.306. The molecule has 4 heteroatoms. The fourth-order valence-corrected chi connectivity index (χ4v) is 3.67. The fourth-order valence-electron chi connectivity index (χ4n) is 2.50. The molecule has 0 N–H and O–H groups in total. The summed E-state index contributed by atoms with van der Waals surface area (Å²) in [5.41, 5.74) is 2.08. The molecular weight excluding hydrogens is 230 g/mol. The summed E-state index contributed by atoms with van der Waals surface area (Å²) in [6, 6.07) is 1.01. The van der Waals surface area contributed by atoms with Crippen molar-refractivity contribution in [2.45, 2.75) is 45.1 Å². The second-order valence-corrected chi connectivity index (χ2v) is 6.11. The van der Waals surface area contributed by atoms with Crippen molar-refractivity contribution in [1.29, 1.82) is 0 Å². The second kappa shape index (κ2) is 8.03. The molecule has 0 amide bonds. The first-order chi connectivity index (χ1) is 8.29. The maximum atomic E-state index is 6.00. The first-order valence-electron chi connectivity index (χ1n) is 6.93. The normalized spacial score (nSPS) is 18.9. The Morgan fingerprint density at radius 2 is 1.76 bits per heavy atom. The Morgan fingerprint density at radius 3 is 2.24 bits per heavy atom. The molecule has 0 saturated carbocycles. The van der Waals surface area contributed by atoms with Gasteiger partial charge in [0.2, 0.25) is 5.91 Å². The van der Waals surface area contributed by atoms with E-state index >= 15 is 0 Å². The summed E-state index contributed by atoms with van der Waals surface area (Å²) in [6.45, 7) is 11.6. The largest absolute Gasteiger partial charge is 0.338 e. The van der Waals surface area contributed by atoms with Crippen LogP contribution in [0.2, 0.25) is 6.04 Å². The molecule has 100 valence electrons. The van der Waals surface area contributed by atoms with E-state index in [1.807, 2.05) is 13.8 Å². The van der Waals surface area contributed by atoms with Gasteiger partial charge in [0.15, 0.2) is 0 Å². The van der Waals surface area contributed by atoms with Crippen LogP contribution in [0.1, 0.15) is 33.1 Å². The third-order valence-corrected chi connectivity index (χ3v) is 4.57. The second-order valence-electron chi connectivity index (χ2n) is 4.45. The highest BCUT2D eigenvalue weighted by Gasteiger charge is 2.38. The molecule has 17 heavy (non-hydrogen) atoms. The Hall–Kier alpha value is -0.163. The van der Waals surface area contributed by atoms with Crippen molar-refractivity contribution < 1.29 is 9.47 Å². The number of piperidine rings is 1. The molecule has 1 rings (SSSR count). The molecule has 0 aliphatic carbocycles. The van der Waals surface area contributed by atoms with Crippen molar-refractivity contribution in [1.82, 2.24) is 4.90 Å². The zero-order valence-corrected chi connectivity index (χ0v) is 12.8. The van der Waals surface area contributed by atoms with Gasteiger partial charge in [0.25, 0.3) is 0 Å². The van der Waals surface area contributed by atoms with Crippen molar-refractivity contribution in [2.24, 2.45) is 0 Å². The maximum Gasteiger partial charge on any atom is 0.227 e. The van der Waals surface area contributed by atoms with Crippen molar-refractivity contribution in [3.8, 4) is 0 Å². The average molecular weight is 257 g/mol. The Bertz CT molecular complexity index is 211. The van der Waals surface area contributed by atoms with Gasteiger partial charge in [0.1, 0.15) is 0 Å². The Labute approximate surface area is 108 Å². The highest BCUT2D eigenvalue weighted by molar-refractivity contribution is 6.42. The molecule has 0 radical (unpaired) electrons.